The van der Waals surface area contributed by atoms with Crippen molar-refractivity contribution in [2.75, 3.05) is 0 Å². The Morgan fingerprint density at radius 3 is 2.67 bits per heavy atom. The molecule has 0 radical (unpaired) electrons. The van der Waals surface area contributed by atoms with Crippen LogP contribution in [0.4, 0.5) is 0 Å². The molecule has 4 nitrogen and oxygen atoms in total. The molecule has 0 saturated heterocycles. The molecule has 0 aliphatic heterocycles. The van der Waals surface area contributed by atoms with Gasteiger partial charge in [0, 0.05) is 27.7 Å². The van der Waals surface area contributed by atoms with Crippen LogP contribution in [-0.4, -0.2) is 19.5 Å². The fourth-order valence-electron chi connectivity index (χ4n) is 1.89. The van der Waals surface area contributed by atoms with E-state index in [-0.39, 0.29) is 4.75 Å². The van der Waals surface area contributed by atoms with Crippen molar-refractivity contribution in [3.05, 3.63) is 40.4 Å². The third-order valence-corrected chi connectivity index (χ3v) is 5.08. The number of nitrogens with one attached hydrogen (secondary N) is 1. The lowest BCUT2D eigenvalue weighted by Crippen LogP contribution is -2.17. The Labute approximate surface area is 138 Å². The zero-order valence-corrected chi connectivity index (χ0v) is 15.3. The maximum atomic E-state index is 4.08. The molecule has 114 valence electrons. The van der Waals surface area contributed by atoms with Crippen molar-refractivity contribution in [3.8, 4) is 0 Å². The molecule has 0 atom stereocenters. The van der Waals surface area contributed by atoms with Crippen LogP contribution in [0.1, 0.15) is 32.2 Å². The van der Waals surface area contributed by atoms with Crippen molar-refractivity contribution in [3.63, 3.8) is 0 Å². The molecule has 0 aliphatic rings. The number of hydrogen-bond acceptors (Lipinski definition) is 4. The first-order valence-electron chi connectivity index (χ1n) is 6.87. The Bertz CT molecular complexity index is 604. The van der Waals surface area contributed by atoms with Gasteiger partial charge in [-0.1, -0.05) is 32.9 Å². The summed E-state index contributed by atoms with van der Waals surface area (Å²) in [5, 5.41) is 11.4. The Hall–Kier alpha value is -0.850. The molecule has 0 aliphatic carbocycles. The highest BCUT2D eigenvalue weighted by atomic mass is 79.9. The molecule has 0 spiro atoms. The summed E-state index contributed by atoms with van der Waals surface area (Å²) in [5.41, 5.74) is 1.30. The lowest BCUT2D eigenvalue weighted by molar-refractivity contribution is 0.632. The zero-order valence-electron chi connectivity index (χ0n) is 12.9. The largest absolute Gasteiger partial charge is 0.320 e. The second-order valence-corrected chi connectivity index (χ2v) is 8.60. The van der Waals surface area contributed by atoms with Crippen molar-refractivity contribution in [2.24, 2.45) is 7.05 Å². The van der Waals surface area contributed by atoms with Crippen molar-refractivity contribution in [1.29, 1.82) is 0 Å². The number of aromatic nitrogens is 3. The van der Waals surface area contributed by atoms with Gasteiger partial charge < -0.3 is 9.88 Å². The monoisotopic (exact) mass is 368 g/mol. The molecule has 1 aromatic heterocycles. The first-order chi connectivity index (χ1) is 9.87. The van der Waals surface area contributed by atoms with E-state index >= 15 is 0 Å². The van der Waals surface area contributed by atoms with E-state index in [2.05, 4.69) is 70.4 Å². The molecule has 0 amide bonds. The van der Waals surface area contributed by atoms with E-state index in [1.54, 1.807) is 6.33 Å². The molecule has 6 heteroatoms. The number of rotatable bonds is 5. The summed E-state index contributed by atoms with van der Waals surface area (Å²) < 4.78 is 3.27. The number of aryl methyl sites for hydroxylation is 1. The molecular weight excluding hydrogens is 348 g/mol. The summed E-state index contributed by atoms with van der Waals surface area (Å²) in [4.78, 5) is 1.30. The first kappa shape index (κ1) is 16.5. The number of nitrogens with zero attached hydrogens (tertiary/aromatic N) is 3. The summed E-state index contributed by atoms with van der Waals surface area (Å²) in [6, 6.07) is 6.35. The highest BCUT2D eigenvalue weighted by molar-refractivity contribution is 9.10. The fourth-order valence-corrected chi connectivity index (χ4v) is 3.59. The highest BCUT2D eigenvalue weighted by Crippen LogP contribution is 2.38. The van der Waals surface area contributed by atoms with E-state index in [9.17, 15) is 0 Å². The van der Waals surface area contributed by atoms with Crippen molar-refractivity contribution in [1.82, 2.24) is 20.1 Å². The molecule has 21 heavy (non-hydrogen) atoms. The van der Waals surface area contributed by atoms with Crippen LogP contribution in [0.25, 0.3) is 0 Å². The van der Waals surface area contributed by atoms with Crippen LogP contribution in [0.2, 0.25) is 0 Å². The molecule has 1 heterocycles. The van der Waals surface area contributed by atoms with Crippen LogP contribution in [0.15, 0.2) is 33.9 Å². The average Bonchev–Trinajstić information content (AvgIpc) is 2.78. The quantitative estimate of drug-likeness (QED) is 0.815. The van der Waals surface area contributed by atoms with Gasteiger partial charge in [-0.15, -0.1) is 22.0 Å². The predicted molar refractivity (Wildman–Crippen MR) is 91.3 cm³/mol. The van der Waals surface area contributed by atoms with E-state index in [1.165, 1.54) is 10.5 Å². The van der Waals surface area contributed by atoms with Crippen LogP contribution in [0.5, 0.6) is 0 Å². The van der Waals surface area contributed by atoms with Gasteiger partial charge in [0.15, 0.2) is 0 Å². The minimum absolute atomic E-state index is 0.183. The van der Waals surface area contributed by atoms with E-state index in [0.717, 1.165) is 16.8 Å². The highest BCUT2D eigenvalue weighted by Gasteiger charge is 2.17. The third-order valence-electron chi connectivity index (χ3n) is 2.86. The number of benzene rings is 1. The van der Waals surface area contributed by atoms with Gasteiger partial charge in [0.25, 0.3) is 0 Å². The zero-order chi connectivity index (χ0) is 15.5. The van der Waals surface area contributed by atoms with Gasteiger partial charge in [0.05, 0.1) is 6.54 Å². The van der Waals surface area contributed by atoms with Gasteiger partial charge in [-0.05, 0) is 27.6 Å². The first-order valence-corrected chi connectivity index (χ1v) is 8.48. The van der Waals surface area contributed by atoms with Crippen LogP contribution < -0.4 is 5.32 Å². The summed E-state index contributed by atoms with van der Waals surface area (Å²) in [7, 11) is 1.96. The Morgan fingerprint density at radius 1 is 1.29 bits per heavy atom. The van der Waals surface area contributed by atoms with E-state index in [4.69, 9.17) is 0 Å². The van der Waals surface area contributed by atoms with Crippen LogP contribution in [-0.2, 0) is 20.1 Å². The molecule has 0 unspecified atom stereocenters. The van der Waals surface area contributed by atoms with Crippen molar-refractivity contribution in [2.45, 2.75) is 43.5 Å². The lowest BCUT2D eigenvalue weighted by Gasteiger charge is -2.21. The second-order valence-electron chi connectivity index (χ2n) is 5.90. The SMILES string of the molecule is Cn1cnnc1CNCc1cccc(Br)c1SC(C)(C)C. The molecule has 2 aromatic rings. The number of halogens is 1. The van der Waals surface area contributed by atoms with Crippen LogP contribution in [0.3, 0.4) is 0 Å². The van der Waals surface area contributed by atoms with Crippen molar-refractivity contribution >= 4 is 27.7 Å². The van der Waals surface area contributed by atoms with Crippen LogP contribution >= 0.6 is 27.7 Å². The van der Waals surface area contributed by atoms with E-state index < -0.39 is 0 Å². The minimum Gasteiger partial charge on any atom is -0.320 e. The van der Waals surface area contributed by atoms with Gasteiger partial charge in [-0.2, -0.15) is 0 Å². The fraction of sp³-hybridized carbons (Fsp3) is 0.467. The lowest BCUT2D eigenvalue weighted by atomic mass is 10.2. The van der Waals surface area contributed by atoms with Gasteiger partial charge in [0.2, 0.25) is 0 Å². The summed E-state index contributed by atoms with van der Waals surface area (Å²) in [5.74, 6) is 0.940. The molecule has 2 rings (SSSR count). The Kier molecular flexibility index (Phi) is 5.46. The standard InChI is InChI=1S/C15H21BrN4S/c1-15(2,3)21-14-11(6-5-7-12(14)16)8-17-9-13-19-18-10-20(13)4/h5-7,10,17H,8-9H2,1-4H3. The average molecular weight is 369 g/mol. The Morgan fingerprint density at radius 2 is 2.05 bits per heavy atom. The van der Waals surface area contributed by atoms with Gasteiger partial charge in [0.1, 0.15) is 12.2 Å². The summed E-state index contributed by atoms with van der Waals surface area (Å²) >= 11 is 5.55. The van der Waals surface area contributed by atoms with Gasteiger partial charge in [-0.25, -0.2) is 0 Å². The minimum atomic E-state index is 0.183. The normalized spacial score (nSPS) is 11.9. The molecule has 0 fully saturated rings. The van der Waals surface area contributed by atoms with E-state index in [1.807, 2.05) is 23.4 Å². The molecule has 1 N–H and O–H groups in total. The number of hydrogen-bond donors (Lipinski definition) is 1. The van der Waals surface area contributed by atoms with Crippen LogP contribution in [0, 0.1) is 0 Å². The third kappa shape index (κ3) is 4.83. The van der Waals surface area contributed by atoms with Gasteiger partial charge >= 0.3 is 0 Å². The Balaban J connectivity index is 2.06. The smallest absolute Gasteiger partial charge is 0.146 e. The molecular formula is C15H21BrN4S. The molecule has 0 saturated carbocycles. The second kappa shape index (κ2) is 6.94. The maximum absolute atomic E-state index is 4.08. The van der Waals surface area contributed by atoms with Crippen molar-refractivity contribution < 1.29 is 0 Å². The molecule has 0 bridgehead atoms. The van der Waals surface area contributed by atoms with E-state index in [0.29, 0.717) is 6.54 Å². The summed E-state index contributed by atoms with van der Waals surface area (Å²) in [6.45, 7) is 8.21. The topological polar surface area (TPSA) is 42.7 Å². The predicted octanol–water partition coefficient (Wildman–Crippen LogP) is 3.76. The molecule has 1 aromatic carbocycles. The summed E-state index contributed by atoms with van der Waals surface area (Å²) in [6.07, 6.45) is 1.72. The maximum Gasteiger partial charge on any atom is 0.146 e. The van der Waals surface area contributed by atoms with Gasteiger partial charge in [-0.3, -0.25) is 0 Å². The number of thioether (sulfide) groups is 1.